The first-order valence-electron chi connectivity index (χ1n) is 5.24. The van der Waals surface area contributed by atoms with Gasteiger partial charge in [-0.3, -0.25) is 4.79 Å². The zero-order valence-electron chi connectivity index (χ0n) is 8.66. The Kier molecular flexibility index (Phi) is 4.90. The molecule has 0 spiro atoms. The number of ether oxygens (including phenoxy) is 1. The molecule has 1 aliphatic heterocycles. The van der Waals surface area contributed by atoms with Crippen molar-refractivity contribution in [2.24, 2.45) is 0 Å². The lowest BCUT2D eigenvalue weighted by Crippen LogP contribution is -2.35. The van der Waals surface area contributed by atoms with Crippen LogP contribution in [0.15, 0.2) is 0 Å². The molecule has 4 heteroatoms. The average Bonchev–Trinajstić information content (AvgIpc) is 2.67. The molecule has 1 saturated heterocycles. The molecule has 1 rings (SSSR count). The molecule has 1 heterocycles. The number of hydrogen-bond acceptors (Lipinski definition) is 3. The van der Waals surface area contributed by atoms with Crippen LogP contribution in [-0.4, -0.2) is 36.4 Å². The number of amides is 1. The fourth-order valence-electron chi connectivity index (χ4n) is 1.56. The summed E-state index contributed by atoms with van der Waals surface area (Å²) in [5, 5.41) is 11.4. The van der Waals surface area contributed by atoms with Crippen LogP contribution in [0.3, 0.4) is 0 Å². The van der Waals surface area contributed by atoms with Crippen LogP contribution in [0.5, 0.6) is 0 Å². The third-order valence-corrected chi connectivity index (χ3v) is 2.40. The molecule has 2 atom stereocenters. The average molecular weight is 201 g/mol. The van der Waals surface area contributed by atoms with Gasteiger partial charge in [-0.2, -0.15) is 0 Å². The molecule has 0 bridgehead atoms. The van der Waals surface area contributed by atoms with Gasteiger partial charge < -0.3 is 15.2 Å². The fourth-order valence-corrected chi connectivity index (χ4v) is 1.56. The molecule has 4 nitrogen and oxygen atoms in total. The zero-order chi connectivity index (χ0) is 10.4. The largest absolute Gasteiger partial charge is 0.394 e. The van der Waals surface area contributed by atoms with Crippen molar-refractivity contribution in [3.63, 3.8) is 0 Å². The van der Waals surface area contributed by atoms with Gasteiger partial charge in [0.05, 0.1) is 12.7 Å². The molecule has 14 heavy (non-hydrogen) atoms. The van der Waals surface area contributed by atoms with E-state index in [9.17, 15) is 4.79 Å². The van der Waals surface area contributed by atoms with Crippen LogP contribution in [0, 0.1) is 0 Å². The van der Waals surface area contributed by atoms with Crippen LogP contribution >= 0.6 is 0 Å². The van der Waals surface area contributed by atoms with E-state index in [2.05, 4.69) is 5.32 Å². The quantitative estimate of drug-likeness (QED) is 0.678. The number of aliphatic hydroxyl groups is 1. The molecule has 0 aromatic heterocycles. The highest BCUT2D eigenvalue weighted by molar-refractivity contribution is 5.76. The molecular weight excluding hydrogens is 182 g/mol. The van der Waals surface area contributed by atoms with Crippen molar-refractivity contribution in [3.05, 3.63) is 0 Å². The van der Waals surface area contributed by atoms with Crippen molar-refractivity contribution in [2.45, 2.75) is 44.8 Å². The van der Waals surface area contributed by atoms with E-state index in [1.165, 1.54) is 0 Å². The number of carbonyl (C=O) groups is 1. The normalized spacial score (nSPS) is 23.4. The molecule has 0 aromatic carbocycles. The predicted octanol–water partition coefficient (Wildman–Crippen LogP) is 0.443. The monoisotopic (exact) mass is 201 g/mol. The van der Waals surface area contributed by atoms with Crippen molar-refractivity contribution in [1.82, 2.24) is 5.32 Å². The second kappa shape index (κ2) is 5.98. The highest BCUT2D eigenvalue weighted by Crippen LogP contribution is 2.16. The minimum Gasteiger partial charge on any atom is -0.394 e. The number of nitrogens with one attached hydrogen (secondary N) is 1. The predicted molar refractivity (Wildman–Crippen MR) is 52.9 cm³/mol. The molecular formula is C10H19NO3. The maximum atomic E-state index is 11.3. The molecule has 2 N–H and O–H groups in total. The van der Waals surface area contributed by atoms with Gasteiger partial charge in [0.2, 0.25) is 5.91 Å². The first-order valence-corrected chi connectivity index (χ1v) is 5.24. The maximum Gasteiger partial charge on any atom is 0.220 e. The van der Waals surface area contributed by atoms with E-state index in [4.69, 9.17) is 9.84 Å². The van der Waals surface area contributed by atoms with Crippen LogP contribution in [0.1, 0.15) is 32.6 Å². The highest BCUT2D eigenvalue weighted by atomic mass is 16.5. The first-order chi connectivity index (χ1) is 6.72. The second-order valence-corrected chi connectivity index (χ2v) is 3.82. The minimum atomic E-state index is -0.146. The minimum absolute atomic E-state index is 0.00190. The number of hydrogen-bond donors (Lipinski definition) is 2. The summed E-state index contributed by atoms with van der Waals surface area (Å²) >= 11 is 0. The fraction of sp³-hybridized carbons (Fsp3) is 0.900. The van der Waals surface area contributed by atoms with Crippen LogP contribution < -0.4 is 5.32 Å². The van der Waals surface area contributed by atoms with Crippen LogP contribution in [0.25, 0.3) is 0 Å². The Morgan fingerprint density at radius 2 is 2.50 bits per heavy atom. The molecule has 1 aliphatic rings. The summed E-state index contributed by atoms with van der Waals surface area (Å²) in [6.45, 7) is 2.61. The van der Waals surface area contributed by atoms with Gasteiger partial charge in [0.25, 0.3) is 0 Å². The second-order valence-electron chi connectivity index (χ2n) is 3.82. The zero-order valence-corrected chi connectivity index (χ0v) is 8.66. The smallest absolute Gasteiger partial charge is 0.220 e. The van der Waals surface area contributed by atoms with Gasteiger partial charge in [0.15, 0.2) is 0 Å². The highest BCUT2D eigenvalue weighted by Gasteiger charge is 2.16. The molecule has 0 aromatic rings. The lowest BCUT2D eigenvalue weighted by molar-refractivity contribution is -0.122. The number of rotatable bonds is 5. The van der Waals surface area contributed by atoms with E-state index in [0.717, 1.165) is 25.9 Å². The summed E-state index contributed by atoms with van der Waals surface area (Å²) in [4.78, 5) is 11.3. The molecule has 0 aliphatic carbocycles. The Hall–Kier alpha value is -0.610. The van der Waals surface area contributed by atoms with E-state index in [1.54, 1.807) is 6.92 Å². The number of aliphatic hydroxyl groups excluding tert-OH is 1. The van der Waals surface area contributed by atoms with Crippen LogP contribution in [-0.2, 0) is 9.53 Å². The van der Waals surface area contributed by atoms with Gasteiger partial charge in [-0.05, 0) is 26.2 Å². The van der Waals surface area contributed by atoms with Crippen molar-refractivity contribution < 1.29 is 14.6 Å². The van der Waals surface area contributed by atoms with Gasteiger partial charge >= 0.3 is 0 Å². The number of carbonyl (C=O) groups excluding carboxylic acids is 1. The van der Waals surface area contributed by atoms with Crippen LogP contribution in [0.4, 0.5) is 0 Å². The summed E-state index contributed by atoms with van der Waals surface area (Å²) in [7, 11) is 0. The molecule has 1 unspecified atom stereocenters. The van der Waals surface area contributed by atoms with Crippen molar-refractivity contribution >= 4 is 5.91 Å². The SMILES string of the molecule is C[C@H](CO)NC(=O)CCC1CCCO1. The topological polar surface area (TPSA) is 58.6 Å². The lowest BCUT2D eigenvalue weighted by atomic mass is 10.1. The van der Waals surface area contributed by atoms with E-state index in [-0.39, 0.29) is 24.7 Å². The molecule has 1 amide bonds. The standard InChI is InChI=1S/C10H19NO3/c1-8(7-12)11-10(13)5-4-9-3-2-6-14-9/h8-9,12H,2-7H2,1H3,(H,11,13)/t8-,9?/m1/s1. The lowest BCUT2D eigenvalue weighted by Gasteiger charge is -2.12. The first kappa shape index (κ1) is 11.5. The molecule has 82 valence electrons. The Morgan fingerprint density at radius 3 is 3.07 bits per heavy atom. The van der Waals surface area contributed by atoms with Crippen LogP contribution in [0.2, 0.25) is 0 Å². The van der Waals surface area contributed by atoms with Crippen molar-refractivity contribution in [1.29, 1.82) is 0 Å². The van der Waals surface area contributed by atoms with Gasteiger partial charge in [0, 0.05) is 19.1 Å². The summed E-state index contributed by atoms with van der Waals surface area (Å²) in [5.74, 6) is 0.00190. The Balaban J connectivity index is 2.08. The molecule has 1 fully saturated rings. The maximum absolute atomic E-state index is 11.3. The summed E-state index contributed by atoms with van der Waals surface area (Å²) < 4.78 is 5.41. The van der Waals surface area contributed by atoms with Crippen molar-refractivity contribution in [2.75, 3.05) is 13.2 Å². The summed E-state index contributed by atoms with van der Waals surface area (Å²) in [6, 6.07) is -0.146. The Morgan fingerprint density at radius 1 is 1.71 bits per heavy atom. The van der Waals surface area contributed by atoms with Gasteiger partial charge in [0.1, 0.15) is 0 Å². The van der Waals surface area contributed by atoms with Gasteiger partial charge in [-0.25, -0.2) is 0 Å². The van der Waals surface area contributed by atoms with Gasteiger partial charge in [-0.1, -0.05) is 0 Å². The van der Waals surface area contributed by atoms with Crippen molar-refractivity contribution in [3.8, 4) is 0 Å². The molecule has 0 saturated carbocycles. The summed E-state index contributed by atoms with van der Waals surface area (Å²) in [6.07, 6.45) is 3.74. The molecule has 0 radical (unpaired) electrons. The Labute approximate surface area is 84.6 Å². The third-order valence-electron chi connectivity index (χ3n) is 2.40. The third kappa shape index (κ3) is 4.07. The van der Waals surface area contributed by atoms with E-state index < -0.39 is 0 Å². The summed E-state index contributed by atoms with van der Waals surface area (Å²) in [5.41, 5.74) is 0. The Bertz CT molecular complexity index is 178. The van der Waals surface area contributed by atoms with E-state index in [0.29, 0.717) is 6.42 Å². The van der Waals surface area contributed by atoms with Gasteiger partial charge in [-0.15, -0.1) is 0 Å². The van der Waals surface area contributed by atoms with E-state index >= 15 is 0 Å². The van der Waals surface area contributed by atoms with E-state index in [1.807, 2.05) is 0 Å².